The number of amides is 1. The maximum Gasteiger partial charge on any atom is 0.412 e. The van der Waals surface area contributed by atoms with Crippen LogP contribution in [0.15, 0.2) is 24.3 Å². The van der Waals surface area contributed by atoms with E-state index < -0.39 is 11.7 Å². The van der Waals surface area contributed by atoms with Crippen LogP contribution in [0, 0.1) is 0 Å². The number of unbranched alkanes of at least 4 members (excludes halogenated alkanes) is 7. The van der Waals surface area contributed by atoms with E-state index in [4.69, 9.17) is 9.47 Å². The van der Waals surface area contributed by atoms with Gasteiger partial charge in [0, 0.05) is 5.69 Å². The van der Waals surface area contributed by atoms with E-state index in [0.29, 0.717) is 5.69 Å². The maximum atomic E-state index is 11.7. The average molecular weight is 350 g/mol. The molecule has 1 aromatic carbocycles. The molecule has 0 unspecified atom stereocenters. The fourth-order valence-corrected chi connectivity index (χ4v) is 2.48. The lowest BCUT2D eigenvalue weighted by molar-refractivity contribution is 0.0636. The predicted octanol–water partition coefficient (Wildman–Crippen LogP) is 6.55. The van der Waals surface area contributed by atoms with Crippen LogP contribution in [0.4, 0.5) is 10.5 Å². The summed E-state index contributed by atoms with van der Waals surface area (Å²) in [5, 5.41) is 2.71. The SMILES string of the molecule is CCCCCCCCCCOc1ccc(NC(=O)OC(C)(C)C)cc1. The lowest BCUT2D eigenvalue weighted by atomic mass is 10.1. The van der Waals surface area contributed by atoms with E-state index in [0.717, 1.165) is 18.8 Å². The minimum absolute atomic E-state index is 0.444. The molecule has 1 N–H and O–H groups in total. The van der Waals surface area contributed by atoms with Gasteiger partial charge in [0.1, 0.15) is 11.4 Å². The number of hydrogen-bond acceptors (Lipinski definition) is 3. The molecule has 1 amide bonds. The molecule has 0 radical (unpaired) electrons. The largest absolute Gasteiger partial charge is 0.494 e. The summed E-state index contributed by atoms with van der Waals surface area (Å²) in [6.07, 6.45) is 9.91. The Bertz CT molecular complexity index is 477. The van der Waals surface area contributed by atoms with Gasteiger partial charge in [-0.05, 0) is 51.5 Å². The molecule has 0 aliphatic carbocycles. The summed E-state index contributed by atoms with van der Waals surface area (Å²) in [7, 11) is 0. The van der Waals surface area contributed by atoms with Crippen molar-refractivity contribution in [3.05, 3.63) is 24.3 Å². The highest BCUT2D eigenvalue weighted by Gasteiger charge is 2.16. The van der Waals surface area contributed by atoms with E-state index >= 15 is 0 Å². The first kappa shape index (κ1) is 21.3. The third kappa shape index (κ3) is 11.5. The van der Waals surface area contributed by atoms with Crippen molar-refractivity contribution >= 4 is 11.8 Å². The molecule has 4 heteroatoms. The third-order valence-corrected chi connectivity index (χ3v) is 3.77. The zero-order chi connectivity index (χ0) is 18.5. The normalized spacial score (nSPS) is 11.2. The van der Waals surface area contributed by atoms with Gasteiger partial charge in [0.05, 0.1) is 6.61 Å². The molecular weight excluding hydrogens is 314 g/mol. The van der Waals surface area contributed by atoms with Gasteiger partial charge in [0.2, 0.25) is 0 Å². The number of carbonyl (C=O) groups excluding carboxylic acids is 1. The molecule has 0 aromatic heterocycles. The van der Waals surface area contributed by atoms with E-state index in [1.165, 1.54) is 44.9 Å². The van der Waals surface area contributed by atoms with Gasteiger partial charge >= 0.3 is 6.09 Å². The molecule has 0 spiro atoms. The van der Waals surface area contributed by atoms with E-state index in [2.05, 4.69) is 12.2 Å². The molecule has 0 saturated carbocycles. The molecule has 1 rings (SSSR count). The second-order valence-corrected chi connectivity index (χ2v) is 7.47. The van der Waals surface area contributed by atoms with E-state index in [1.807, 2.05) is 45.0 Å². The number of anilines is 1. The van der Waals surface area contributed by atoms with Gasteiger partial charge in [0.15, 0.2) is 0 Å². The van der Waals surface area contributed by atoms with Crippen molar-refractivity contribution in [2.75, 3.05) is 11.9 Å². The van der Waals surface area contributed by atoms with Crippen molar-refractivity contribution < 1.29 is 14.3 Å². The number of ether oxygens (including phenoxy) is 2. The average Bonchev–Trinajstić information content (AvgIpc) is 2.53. The number of rotatable bonds is 11. The van der Waals surface area contributed by atoms with Crippen LogP contribution in [0.25, 0.3) is 0 Å². The van der Waals surface area contributed by atoms with Gasteiger partial charge in [-0.25, -0.2) is 4.79 Å². The summed E-state index contributed by atoms with van der Waals surface area (Å²) < 4.78 is 11.0. The molecule has 0 saturated heterocycles. The quantitative estimate of drug-likeness (QED) is 0.461. The zero-order valence-corrected chi connectivity index (χ0v) is 16.4. The van der Waals surface area contributed by atoms with E-state index in [1.54, 1.807) is 0 Å². The Morgan fingerprint density at radius 3 is 2.04 bits per heavy atom. The summed E-state index contributed by atoms with van der Waals surface area (Å²) in [5.41, 5.74) is 0.206. The summed E-state index contributed by atoms with van der Waals surface area (Å²) in [6.45, 7) is 8.52. The third-order valence-electron chi connectivity index (χ3n) is 3.77. The number of hydrogen-bond donors (Lipinski definition) is 1. The molecule has 4 nitrogen and oxygen atoms in total. The molecule has 0 aliphatic rings. The summed E-state index contributed by atoms with van der Waals surface area (Å²) >= 11 is 0. The van der Waals surface area contributed by atoms with Crippen LogP contribution in [-0.2, 0) is 4.74 Å². The predicted molar refractivity (Wildman–Crippen MR) is 104 cm³/mol. The Morgan fingerprint density at radius 2 is 1.48 bits per heavy atom. The summed E-state index contributed by atoms with van der Waals surface area (Å²) in [4.78, 5) is 11.7. The van der Waals surface area contributed by atoms with Gasteiger partial charge < -0.3 is 9.47 Å². The molecule has 0 atom stereocenters. The summed E-state index contributed by atoms with van der Waals surface area (Å²) in [6, 6.07) is 7.40. The first-order valence-electron chi connectivity index (χ1n) is 9.63. The Labute approximate surface area is 153 Å². The van der Waals surface area contributed by atoms with Crippen molar-refractivity contribution in [3.8, 4) is 5.75 Å². The van der Waals surface area contributed by atoms with Crippen molar-refractivity contribution in [3.63, 3.8) is 0 Å². The molecular formula is C21H35NO3. The smallest absolute Gasteiger partial charge is 0.412 e. The lowest BCUT2D eigenvalue weighted by Gasteiger charge is -2.19. The van der Waals surface area contributed by atoms with Crippen LogP contribution >= 0.6 is 0 Å². The monoisotopic (exact) mass is 349 g/mol. The van der Waals surface area contributed by atoms with Crippen molar-refractivity contribution in [2.45, 2.75) is 84.7 Å². The standard InChI is InChI=1S/C21H35NO3/c1-5-6-7-8-9-10-11-12-17-24-19-15-13-18(14-16-19)22-20(23)25-21(2,3)4/h13-16H,5-12,17H2,1-4H3,(H,22,23). The molecule has 142 valence electrons. The van der Waals surface area contributed by atoms with E-state index in [-0.39, 0.29) is 0 Å². The Hall–Kier alpha value is -1.71. The first-order chi connectivity index (χ1) is 11.9. The molecule has 25 heavy (non-hydrogen) atoms. The highest BCUT2D eigenvalue weighted by atomic mass is 16.6. The zero-order valence-electron chi connectivity index (χ0n) is 16.4. The Kier molecular flexibility index (Phi) is 10.0. The highest BCUT2D eigenvalue weighted by molar-refractivity contribution is 5.84. The Morgan fingerprint density at radius 1 is 0.920 bits per heavy atom. The van der Waals surface area contributed by atoms with Crippen molar-refractivity contribution in [2.24, 2.45) is 0 Å². The fourth-order valence-electron chi connectivity index (χ4n) is 2.48. The van der Waals surface area contributed by atoms with Gasteiger partial charge in [-0.1, -0.05) is 51.9 Å². The van der Waals surface area contributed by atoms with Crippen LogP contribution in [0.3, 0.4) is 0 Å². The second kappa shape index (κ2) is 11.8. The number of carbonyl (C=O) groups is 1. The van der Waals surface area contributed by atoms with Crippen molar-refractivity contribution in [1.29, 1.82) is 0 Å². The van der Waals surface area contributed by atoms with Crippen LogP contribution in [-0.4, -0.2) is 18.3 Å². The molecule has 0 fully saturated rings. The highest BCUT2D eigenvalue weighted by Crippen LogP contribution is 2.17. The van der Waals surface area contributed by atoms with Crippen molar-refractivity contribution in [1.82, 2.24) is 0 Å². The summed E-state index contributed by atoms with van der Waals surface area (Å²) in [5.74, 6) is 0.831. The topological polar surface area (TPSA) is 47.6 Å². The molecule has 0 bridgehead atoms. The molecule has 1 aromatic rings. The Balaban J connectivity index is 2.15. The van der Waals surface area contributed by atoms with Gasteiger partial charge in [-0.3, -0.25) is 5.32 Å². The van der Waals surface area contributed by atoms with E-state index in [9.17, 15) is 4.79 Å². The second-order valence-electron chi connectivity index (χ2n) is 7.47. The first-order valence-corrected chi connectivity index (χ1v) is 9.63. The number of benzene rings is 1. The minimum Gasteiger partial charge on any atom is -0.494 e. The number of nitrogens with one attached hydrogen (secondary N) is 1. The maximum absolute atomic E-state index is 11.7. The lowest BCUT2D eigenvalue weighted by Crippen LogP contribution is -2.27. The van der Waals surface area contributed by atoms with Crippen LogP contribution in [0.1, 0.15) is 79.1 Å². The van der Waals surface area contributed by atoms with Crippen LogP contribution in [0.2, 0.25) is 0 Å². The minimum atomic E-state index is -0.497. The molecule has 0 aliphatic heterocycles. The van der Waals surface area contributed by atoms with Gasteiger partial charge in [0.25, 0.3) is 0 Å². The van der Waals surface area contributed by atoms with Gasteiger partial charge in [-0.2, -0.15) is 0 Å². The fraction of sp³-hybridized carbons (Fsp3) is 0.667. The van der Waals surface area contributed by atoms with Crippen LogP contribution in [0.5, 0.6) is 5.75 Å². The molecule has 0 heterocycles. The van der Waals surface area contributed by atoms with Gasteiger partial charge in [-0.15, -0.1) is 0 Å². The van der Waals surface area contributed by atoms with Crippen LogP contribution < -0.4 is 10.1 Å².